The largest absolute Gasteiger partial charge is 0.473 e. The molecule has 0 spiro atoms. The summed E-state index contributed by atoms with van der Waals surface area (Å²) in [5, 5.41) is 2.67. The average Bonchev–Trinajstić information content (AvgIpc) is 3.13. The van der Waals surface area contributed by atoms with Gasteiger partial charge in [0.2, 0.25) is 5.88 Å². The van der Waals surface area contributed by atoms with E-state index in [0.717, 1.165) is 11.8 Å². The predicted octanol–water partition coefficient (Wildman–Crippen LogP) is 4.41. The number of pyridine rings is 1. The van der Waals surface area contributed by atoms with E-state index in [0.29, 0.717) is 40.5 Å². The van der Waals surface area contributed by atoms with E-state index in [-0.39, 0.29) is 18.8 Å². The molecule has 2 heterocycles. The van der Waals surface area contributed by atoms with Gasteiger partial charge in [-0.1, -0.05) is 36.4 Å². The molecule has 192 valence electrons. The molecule has 1 N–H and O–H groups in total. The van der Waals surface area contributed by atoms with E-state index < -0.39 is 11.7 Å². The third-order valence-electron chi connectivity index (χ3n) is 5.61. The van der Waals surface area contributed by atoms with Gasteiger partial charge in [0.25, 0.3) is 0 Å². The van der Waals surface area contributed by atoms with Crippen molar-refractivity contribution >= 4 is 23.4 Å². The van der Waals surface area contributed by atoms with Gasteiger partial charge in [-0.15, -0.1) is 0 Å². The number of hydrogen-bond acceptors (Lipinski definition) is 6. The van der Waals surface area contributed by atoms with Crippen LogP contribution in [-0.2, 0) is 17.9 Å². The number of aromatic nitrogens is 3. The van der Waals surface area contributed by atoms with Crippen LogP contribution in [0, 0.1) is 6.92 Å². The fourth-order valence-corrected chi connectivity index (χ4v) is 4.04. The number of hydrogen-bond donors (Lipinski definition) is 1. The monoisotopic (exact) mass is 502 g/mol. The average molecular weight is 503 g/mol. The van der Waals surface area contributed by atoms with Gasteiger partial charge in [0.15, 0.2) is 6.29 Å². The third kappa shape index (κ3) is 5.88. The Kier molecular flexibility index (Phi) is 7.42. The lowest BCUT2D eigenvalue weighted by Gasteiger charge is -2.19. The molecule has 9 heteroatoms. The summed E-state index contributed by atoms with van der Waals surface area (Å²) < 4.78 is 14.1. The Morgan fingerprint density at radius 3 is 2.49 bits per heavy atom. The summed E-state index contributed by atoms with van der Waals surface area (Å²) >= 11 is 0. The standard InChI is InChI=1S/C28H30N4O5/c1-19-22(13-14-24(30-19)36-18-20-9-6-5-7-10-20)32-23-12-8-11-21(17-33)25(23)31(27(32)35)16-15-29-26(34)37-28(2,3)4/h5-14,17H,15-16,18H2,1-4H3,(H,29,34). The number of fused-ring (bicyclic) bond motifs is 1. The van der Waals surface area contributed by atoms with Crippen LogP contribution in [0.15, 0.2) is 65.5 Å². The number of carbonyl (C=O) groups excluding carboxylic acids is 2. The molecule has 0 bridgehead atoms. The molecule has 0 unspecified atom stereocenters. The molecular weight excluding hydrogens is 472 g/mol. The van der Waals surface area contributed by atoms with Gasteiger partial charge in [0.1, 0.15) is 12.2 Å². The van der Waals surface area contributed by atoms with E-state index in [1.54, 1.807) is 58.0 Å². The predicted molar refractivity (Wildman–Crippen MR) is 140 cm³/mol. The molecule has 2 aromatic carbocycles. The van der Waals surface area contributed by atoms with Crippen LogP contribution in [0.5, 0.6) is 5.88 Å². The summed E-state index contributed by atoms with van der Waals surface area (Å²) in [6.07, 6.45) is 0.140. The number of aryl methyl sites for hydroxylation is 1. The maximum Gasteiger partial charge on any atom is 0.407 e. The highest BCUT2D eigenvalue weighted by Crippen LogP contribution is 2.23. The molecule has 4 aromatic rings. The summed E-state index contributed by atoms with van der Waals surface area (Å²) in [7, 11) is 0. The molecule has 0 aliphatic carbocycles. The van der Waals surface area contributed by atoms with Gasteiger partial charge in [-0.3, -0.25) is 13.9 Å². The van der Waals surface area contributed by atoms with Gasteiger partial charge in [-0.25, -0.2) is 14.6 Å². The van der Waals surface area contributed by atoms with Gasteiger partial charge < -0.3 is 14.8 Å². The Balaban J connectivity index is 1.65. The fourth-order valence-electron chi connectivity index (χ4n) is 4.04. The number of nitrogens with one attached hydrogen (secondary N) is 1. The van der Waals surface area contributed by atoms with Crippen molar-refractivity contribution in [3.05, 3.63) is 88.0 Å². The van der Waals surface area contributed by atoms with Crippen molar-refractivity contribution in [1.82, 2.24) is 19.4 Å². The Bertz CT molecular complexity index is 1480. The summed E-state index contributed by atoms with van der Waals surface area (Å²) in [6, 6.07) is 18.4. The highest BCUT2D eigenvalue weighted by Gasteiger charge is 2.20. The minimum atomic E-state index is -0.636. The van der Waals surface area contributed by atoms with Crippen molar-refractivity contribution in [2.24, 2.45) is 0 Å². The van der Waals surface area contributed by atoms with Crippen LogP contribution in [0.1, 0.15) is 42.4 Å². The summed E-state index contributed by atoms with van der Waals surface area (Å²) in [5.74, 6) is 0.442. The third-order valence-corrected chi connectivity index (χ3v) is 5.61. The molecule has 0 atom stereocenters. The van der Waals surface area contributed by atoms with E-state index in [1.807, 2.05) is 30.3 Å². The first-order valence-electron chi connectivity index (χ1n) is 12.0. The molecule has 0 radical (unpaired) electrons. The first kappa shape index (κ1) is 25.7. The number of amides is 1. The molecule has 9 nitrogen and oxygen atoms in total. The first-order chi connectivity index (χ1) is 17.7. The van der Waals surface area contributed by atoms with Crippen LogP contribution in [0.3, 0.4) is 0 Å². The van der Waals surface area contributed by atoms with Gasteiger partial charge in [0.05, 0.1) is 22.4 Å². The molecule has 0 saturated heterocycles. The van der Waals surface area contributed by atoms with Gasteiger partial charge in [-0.2, -0.15) is 0 Å². The molecule has 0 saturated carbocycles. The fraction of sp³-hybridized carbons (Fsp3) is 0.286. The lowest BCUT2D eigenvalue weighted by Crippen LogP contribution is -2.35. The minimum absolute atomic E-state index is 0.143. The van der Waals surface area contributed by atoms with Crippen molar-refractivity contribution in [3.8, 4) is 11.6 Å². The van der Waals surface area contributed by atoms with Crippen LogP contribution in [0.25, 0.3) is 16.7 Å². The van der Waals surface area contributed by atoms with Crippen LogP contribution < -0.4 is 15.7 Å². The van der Waals surface area contributed by atoms with Crippen molar-refractivity contribution in [2.75, 3.05) is 6.54 Å². The first-order valence-corrected chi connectivity index (χ1v) is 12.0. The zero-order valence-electron chi connectivity index (χ0n) is 21.4. The number of alkyl carbamates (subject to hydrolysis) is 1. The molecule has 0 fully saturated rings. The summed E-state index contributed by atoms with van der Waals surface area (Å²) in [4.78, 5) is 42.1. The molecule has 4 rings (SSSR count). The van der Waals surface area contributed by atoms with Gasteiger partial charge in [-0.05, 0) is 51.5 Å². The minimum Gasteiger partial charge on any atom is -0.473 e. The normalized spacial score (nSPS) is 11.4. The van der Waals surface area contributed by atoms with Crippen LogP contribution in [0.2, 0.25) is 0 Å². The van der Waals surface area contributed by atoms with E-state index in [4.69, 9.17) is 9.47 Å². The van der Waals surface area contributed by atoms with Crippen LogP contribution in [0.4, 0.5) is 4.79 Å². The Morgan fingerprint density at radius 2 is 1.81 bits per heavy atom. The number of carbonyl (C=O) groups is 2. The van der Waals surface area contributed by atoms with Gasteiger partial charge >= 0.3 is 11.8 Å². The van der Waals surface area contributed by atoms with Gasteiger partial charge in [0, 0.05) is 24.7 Å². The smallest absolute Gasteiger partial charge is 0.407 e. The van der Waals surface area contributed by atoms with E-state index in [2.05, 4.69) is 10.3 Å². The van der Waals surface area contributed by atoms with Crippen molar-refractivity contribution in [2.45, 2.75) is 46.4 Å². The molecule has 0 aliphatic heterocycles. The number of para-hydroxylation sites is 1. The maximum absolute atomic E-state index is 13.6. The molecule has 0 aliphatic rings. The van der Waals surface area contributed by atoms with E-state index in [1.165, 1.54) is 9.13 Å². The highest BCUT2D eigenvalue weighted by atomic mass is 16.6. The lowest BCUT2D eigenvalue weighted by molar-refractivity contribution is 0.0526. The molecule has 2 aromatic heterocycles. The second-order valence-electron chi connectivity index (χ2n) is 9.56. The van der Waals surface area contributed by atoms with Crippen LogP contribution in [-0.4, -0.2) is 38.6 Å². The number of ether oxygens (including phenoxy) is 2. The van der Waals surface area contributed by atoms with Crippen molar-refractivity contribution in [1.29, 1.82) is 0 Å². The topological polar surface area (TPSA) is 104 Å². The maximum atomic E-state index is 13.6. The van der Waals surface area contributed by atoms with E-state index >= 15 is 0 Å². The van der Waals surface area contributed by atoms with E-state index in [9.17, 15) is 14.4 Å². The number of rotatable bonds is 8. The SMILES string of the molecule is Cc1nc(OCc2ccccc2)ccc1-n1c(=O)n(CCNC(=O)OC(C)(C)C)c2c(C=O)cccc21. The Morgan fingerprint density at radius 1 is 1.05 bits per heavy atom. The Hall–Kier alpha value is -4.40. The molecule has 37 heavy (non-hydrogen) atoms. The molecular formula is C28H30N4O5. The highest BCUT2D eigenvalue weighted by molar-refractivity contribution is 5.95. The van der Waals surface area contributed by atoms with Crippen LogP contribution >= 0.6 is 0 Å². The Labute approximate surface area is 214 Å². The summed E-state index contributed by atoms with van der Waals surface area (Å²) in [5.41, 5.74) is 2.62. The second-order valence-corrected chi connectivity index (χ2v) is 9.56. The number of benzene rings is 2. The number of aldehydes is 1. The second kappa shape index (κ2) is 10.7. The number of nitrogens with zero attached hydrogens (tertiary/aromatic N) is 3. The molecule has 1 amide bonds. The van der Waals surface area contributed by atoms with Crippen molar-refractivity contribution in [3.63, 3.8) is 0 Å². The lowest BCUT2D eigenvalue weighted by atomic mass is 10.2. The zero-order valence-corrected chi connectivity index (χ0v) is 21.4. The van der Waals surface area contributed by atoms with Crippen molar-refractivity contribution < 1.29 is 19.1 Å². The zero-order chi connectivity index (χ0) is 26.6. The number of imidazole rings is 1. The quantitative estimate of drug-likeness (QED) is 0.358. The summed E-state index contributed by atoms with van der Waals surface area (Å²) in [6.45, 7) is 7.79.